The molecule has 0 saturated heterocycles. The molecule has 2 aromatic carbocycles. The summed E-state index contributed by atoms with van der Waals surface area (Å²) >= 11 is 0. The Balaban J connectivity index is 1.80. The first-order valence-corrected chi connectivity index (χ1v) is 9.21. The maximum atomic E-state index is 14.6. The number of halogens is 5. The zero-order valence-electron chi connectivity index (χ0n) is 16.2. The van der Waals surface area contributed by atoms with E-state index in [9.17, 15) is 22.0 Å². The first-order chi connectivity index (χ1) is 14.7. The number of ether oxygens (including phenoxy) is 1. The van der Waals surface area contributed by atoms with Crippen LogP contribution < -0.4 is 4.74 Å². The highest BCUT2D eigenvalue weighted by Crippen LogP contribution is 2.40. The molecule has 1 aromatic heterocycles. The number of pyridine rings is 1. The van der Waals surface area contributed by atoms with Gasteiger partial charge < -0.3 is 9.64 Å². The summed E-state index contributed by atoms with van der Waals surface area (Å²) < 4.78 is 70.2. The smallest absolute Gasteiger partial charge is 0.406 e. The lowest BCUT2D eigenvalue weighted by molar-refractivity contribution is -0.274. The molecule has 0 radical (unpaired) electrons. The summed E-state index contributed by atoms with van der Waals surface area (Å²) in [5, 5.41) is 0. The molecule has 0 amide bonds. The van der Waals surface area contributed by atoms with Crippen molar-refractivity contribution in [1.82, 2.24) is 9.88 Å². The Bertz CT molecular complexity index is 1130. The standard InChI is InChI=1S/C22H16F5N3O/c1-30-12-21(29-13-30,14-4-7-16(8-5-14)31-22(25,26)27)15-6-9-19(23)18(11-15)17-3-2-10-28-20(17)24/h2-11,13H,12H2,1H3. The van der Waals surface area contributed by atoms with E-state index in [0.29, 0.717) is 17.7 Å². The molecule has 1 unspecified atom stereocenters. The van der Waals surface area contributed by atoms with Crippen LogP contribution in [-0.2, 0) is 5.54 Å². The molecule has 0 aliphatic carbocycles. The zero-order valence-corrected chi connectivity index (χ0v) is 16.2. The molecule has 9 heteroatoms. The van der Waals surface area contributed by atoms with Crippen molar-refractivity contribution in [2.75, 3.05) is 13.6 Å². The Hall–Kier alpha value is -3.49. The molecule has 4 nitrogen and oxygen atoms in total. The van der Waals surface area contributed by atoms with E-state index in [0.717, 1.165) is 0 Å². The highest BCUT2D eigenvalue weighted by Gasteiger charge is 2.39. The molecule has 2 heterocycles. The van der Waals surface area contributed by atoms with Gasteiger partial charge >= 0.3 is 6.36 Å². The summed E-state index contributed by atoms with van der Waals surface area (Å²) in [5.74, 6) is -1.80. The minimum absolute atomic E-state index is 0.00116. The normalized spacial score (nSPS) is 18.5. The van der Waals surface area contributed by atoms with Gasteiger partial charge in [-0.05, 0) is 47.5 Å². The average molecular weight is 433 g/mol. The third kappa shape index (κ3) is 4.08. The Morgan fingerprint density at radius 1 is 0.968 bits per heavy atom. The number of hydrogen-bond donors (Lipinski definition) is 0. The van der Waals surface area contributed by atoms with Crippen LogP contribution in [0.4, 0.5) is 22.0 Å². The molecular formula is C22H16F5N3O. The molecule has 0 bridgehead atoms. The Morgan fingerprint density at radius 3 is 2.29 bits per heavy atom. The monoisotopic (exact) mass is 433 g/mol. The molecule has 160 valence electrons. The third-order valence-corrected chi connectivity index (χ3v) is 5.01. The first kappa shape index (κ1) is 20.8. The second-order valence-electron chi connectivity index (χ2n) is 7.13. The van der Waals surface area contributed by atoms with E-state index in [-0.39, 0.29) is 16.9 Å². The average Bonchev–Trinajstić information content (AvgIpc) is 3.11. The van der Waals surface area contributed by atoms with Crippen LogP contribution in [0.5, 0.6) is 5.75 Å². The van der Waals surface area contributed by atoms with E-state index in [2.05, 4.69) is 14.7 Å². The summed E-state index contributed by atoms with van der Waals surface area (Å²) in [6.07, 6.45) is -1.94. The lowest BCUT2D eigenvalue weighted by Crippen LogP contribution is -2.32. The quantitative estimate of drug-likeness (QED) is 0.422. The van der Waals surface area contributed by atoms with E-state index in [1.54, 1.807) is 18.3 Å². The highest BCUT2D eigenvalue weighted by atomic mass is 19.4. The van der Waals surface area contributed by atoms with Crippen molar-refractivity contribution in [3.05, 3.63) is 83.7 Å². The van der Waals surface area contributed by atoms with Gasteiger partial charge in [-0.25, -0.2) is 9.37 Å². The van der Waals surface area contributed by atoms with Crippen LogP contribution in [0.1, 0.15) is 11.1 Å². The van der Waals surface area contributed by atoms with Gasteiger partial charge in [-0.3, -0.25) is 4.99 Å². The lowest BCUT2D eigenvalue weighted by atomic mass is 9.82. The molecule has 0 spiro atoms. The fraction of sp³-hybridized carbons (Fsp3) is 0.182. The minimum atomic E-state index is -4.80. The zero-order chi connectivity index (χ0) is 22.2. The maximum Gasteiger partial charge on any atom is 0.573 e. The molecule has 1 atom stereocenters. The van der Waals surface area contributed by atoms with Crippen molar-refractivity contribution in [2.45, 2.75) is 11.9 Å². The number of hydrogen-bond acceptors (Lipinski definition) is 4. The number of aromatic nitrogens is 1. The van der Waals surface area contributed by atoms with Gasteiger partial charge in [0.1, 0.15) is 17.1 Å². The number of aliphatic imine (C=N–C) groups is 1. The summed E-state index contributed by atoms with van der Waals surface area (Å²) in [7, 11) is 1.79. The van der Waals surface area contributed by atoms with Gasteiger partial charge in [0.15, 0.2) is 0 Å². The summed E-state index contributed by atoms with van der Waals surface area (Å²) in [6, 6.07) is 12.5. The van der Waals surface area contributed by atoms with Crippen molar-refractivity contribution in [3.63, 3.8) is 0 Å². The molecule has 31 heavy (non-hydrogen) atoms. The molecule has 0 fully saturated rings. The number of rotatable bonds is 4. The Labute approximate surface area is 174 Å². The fourth-order valence-electron chi connectivity index (χ4n) is 3.65. The molecule has 4 rings (SSSR count). The number of benzene rings is 2. The van der Waals surface area contributed by atoms with Crippen LogP contribution in [0.2, 0.25) is 0 Å². The van der Waals surface area contributed by atoms with Gasteiger partial charge in [0, 0.05) is 24.4 Å². The second-order valence-corrected chi connectivity index (χ2v) is 7.13. The van der Waals surface area contributed by atoms with Gasteiger partial charge in [0.05, 0.1) is 12.9 Å². The van der Waals surface area contributed by atoms with Crippen LogP contribution >= 0.6 is 0 Å². The molecule has 1 aliphatic heterocycles. The maximum absolute atomic E-state index is 14.6. The molecule has 0 N–H and O–H groups in total. The largest absolute Gasteiger partial charge is 0.573 e. The third-order valence-electron chi connectivity index (χ3n) is 5.01. The van der Waals surface area contributed by atoms with E-state index < -0.39 is 23.7 Å². The van der Waals surface area contributed by atoms with Gasteiger partial charge in [0.2, 0.25) is 5.95 Å². The van der Waals surface area contributed by atoms with Crippen LogP contribution in [-0.4, -0.2) is 36.2 Å². The van der Waals surface area contributed by atoms with Gasteiger partial charge in [0.25, 0.3) is 0 Å². The summed E-state index contributed by atoms with van der Waals surface area (Å²) in [5.41, 5.74) is 0.127. The van der Waals surface area contributed by atoms with Crippen LogP contribution in [0.25, 0.3) is 11.1 Å². The van der Waals surface area contributed by atoms with Crippen molar-refractivity contribution in [2.24, 2.45) is 4.99 Å². The summed E-state index contributed by atoms with van der Waals surface area (Å²) in [4.78, 5) is 9.96. The van der Waals surface area contributed by atoms with Crippen LogP contribution in [0, 0.1) is 11.8 Å². The predicted molar refractivity (Wildman–Crippen MR) is 105 cm³/mol. The fourth-order valence-corrected chi connectivity index (χ4v) is 3.65. The van der Waals surface area contributed by atoms with Gasteiger partial charge in [-0.2, -0.15) is 4.39 Å². The summed E-state index contributed by atoms with van der Waals surface area (Å²) in [6.45, 7) is 0.354. The molecule has 0 saturated carbocycles. The number of likely N-dealkylation sites (N-methyl/N-ethyl adjacent to an activating group) is 1. The van der Waals surface area contributed by atoms with Crippen LogP contribution in [0.3, 0.4) is 0 Å². The lowest BCUT2D eigenvalue weighted by Gasteiger charge is -2.29. The topological polar surface area (TPSA) is 37.7 Å². The molecular weight excluding hydrogens is 417 g/mol. The Kier molecular flexibility index (Phi) is 5.12. The molecule has 3 aromatic rings. The highest BCUT2D eigenvalue weighted by molar-refractivity contribution is 5.68. The molecule has 1 aliphatic rings. The SMILES string of the molecule is CN1C=NC(c2ccc(OC(F)(F)F)cc2)(c2ccc(F)c(-c3cccnc3F)c2)C1. The van der Waals surface area contributed by atoms with Gasteiger partial charge in [-0.15, -0.1) is 13.2 Å². The minimum Gasteiger partial charge on any atom is -0.406 e. The van der Waals surface area contributed by atoms with E-state index in [1.807, 2.05) is 0 Å². The van der Waals surface area contributed by atoms with E-state index in [1.165, 1.54) is 60.8 Å². The van der Waals surface area contributed by atoms with Crippen molar-refractivity contribution in [1.29, 1.82) is 0 Å². The van der Waals surface area contributed by atoms with Gasteiger partial charge in [-0.1, -0.05) is 18.2 Å². The van der Waals surface area contributed by atoms with Crippen molar-refractivity contribution in [3.8, 4) is 16.9 Å². The van der Waals surface area contributed by atoms with Crippen molar-refractivity contribution < 1.29 is 26.7 Å². The van der Waals surface area contributed by atoms with Crippen molar-refractivity contribution >= 4 is 6.34 Å². The van der Waals surface area contributed by atoms with Crippen LogP contribution in [0.15, 0.2) is 65.8 Å². The predicted octanol–water partition coefficient (Wildman–Crippen LogP) is 5.14. The first-order valence-electron chi connectivity index (χ1n) is 9.21. The number of alkyl halides is 3. The van der Waals surface area contributed by atoms with E-state index >= 15 is 0 Å². The van der Waals surface area contributed by atoms with E-state index in [4.69, 9.17) is 0 Å². The number of nitrogens with zero attached hydrogens (tertiary/aromatic N) is 3. The Morgan fingerprint density at radius 2 is 1.68 bits per heavy atom. The second kappa shape index (κ2) is 7.64.